The molecule has 3 nitrogen and oxygen atoms in total. The summed E-state index contributed by atoms with van der Waals surface area (Å²) < 4.78 is 5.82. The lowest BCUT2D eigenvalue weighted by molar-refractivity contribution is 0.112. The molecular formula is C18H10ClNO2. The highest BCUT2D eigenvalue weighted by Crippen LogP contribution is 2.33. The summed E-state index contributed by atoms with van der Waals surface area (Å²) in [5.74, 6) is 0.591. The predicted molar refractivity (Wildman–Crippen MR) is 87.3 cm³/mol. The van der Waals surface area contributed by atoms with E-state index in [1.807, 2.05) is 36.4 Å². The van der Waals surface area contributed by atoms with E-state index in [0.29, 0.717) is 27.6 Å². The second kappa shape index (κ2) is 4.97. The molecule has 0 unspecified atom stereocenters. The number of aldehydes is 1. The molecule has 2 aromatic heterocycles. The molecule has 0 aliphatic heterocycles. The van der Waals surface area contributed by atoms with Crippen LogP contribution in [0.1, 0.15) is 10.4 Å². The fourth-order valence-corrected chi connectivity index (χ4v) is 2.77. The summed E-state index contributed by atoms with van der Waals surface area (Å²) in [5.41, 5.74) is 2.77. The maximum atomic E-state index is 10.9. The van der Waals surface area contributed by atoms with Crippen LogP contribution in [0.4, 0.5) is 0 Å². The van der Waals surface area contributed by atoms with Crippen molar-refractivity contribution in [2.24, 2.45) is 0 Å². The Morgan fingerprint density at radius 2 is 1.86 bits per heavy atom. The largest absolute Gasteiger partial charge is 0.454 e. The first kappa shape index (κ1) is 13.0. The lowest BCUT2D eigenvalue weighted by Gasteiger charge is -2.03. The summed E-state index contributed by atoms with van der Waals surface area (Å²) in [6.07, 6.45) is 0.813. The van der Waals surface area contributed by atoms with Crippen LogP contribution in [0.15, 0.2) is 59.0 Å². The Labute approximate surface area is 131 Å². The number of para-hydroxylation sites is 1. The third-order valence-corrected chi connectivity index (χ3v) is 3.88. The van der Waals surface area contributed by atoms with Gasteiger partial charge in [-0.2, -0.15) is 0 Å². The minimum atomic E-state index is 0.536. The lowest BCUT2D eigenvalue weighted by Crippen LogP contribution is -1.85. The van der Waals surface area contributed by atoms with Gasteiger partial charge in [0, 0.05) is 16.3 Å². The fourth-order valence-electron chi connectivity index (χ4n) is 2.51. The minimum Gasteiger partial charge on any atom is -0.454 e. The molecule has 0 aliphatic carbocycles. The molecule has 4 rings (SSSR count). The molecule has 0 N–H and O–H groups in total. The van der Waals surface area contributed by atoms with Gasteiger partial charge in [0.2, 0.25) is 0 Å². The summed E-state index contributed by atoms with van der Waals surface area (Å²) in [7, 11) is 0. The number of nitrogens with zero attached hydrogens (tertiary/aromatic N) is 1. The molecule has 0 spiro atoms. The maximum absolute atomic E-state index is 10.9. The number of hydrogen-bond acceptors (Lipinski definition) is 3. The van der Waals surface area contributed by atoms with Gasteiger partial charge in [-0.05, 0) is 36.4 Å². The second-order valence-corrected chi connectivity index (χ2v) is 5.44. The van der Waals surface area contributed by atoms with Gasteiger partial charge in [0.05, 0.1) is 10.5 Å². The van der Waals surface area contributed by atoms with Crippen LogP contribution in [-0.2, 0) is 0 Å². The van der Waals surface area contributed by atoms with E-state index in [1.54, 1.807) is 18.2 Å². The molecule has 4 aromatic rings. The van der Waals surface area contributed by atoms with E-state index in [9.17, 15) is 4.79 Å². The standard InChI is InChI=1S/C18H10ClNO2/c19-14-8-12-3-1-2-4-15(12)20-18(14)17-9-13-7-11(10-21)5-6-16(13)22-17/h1-10H. The SMILES string of the molecule is O=Cc1ccc2oc(-c3nc4ccccc4cc3Cl)cc2c1. The highest BCUT2D eigenvalue weighted by molar-refractivity contribution is 6.33. The molecule has 0 bridgehead atoms. The van der Waals surface area contributed by atoms with Crippen LogP contribution >= 0.6 is 11.6 Å². The van der Waals surface area contributed by atoms with Gasteiger partial charge in [0.25, 0.3) is 0 Å². The van der Waals surface area contributed by atoms with E-state index in [0.717, 1.165) is 22.6 Å². The summed E-state index contributed by atoms with van der Waals surface area (Å²) >= 11 is 6.35. The van der Waals surface area contributed by atoms with Gasteiger partial charge in [0.15, 0.2) is 5.76 Å². The number of furan rings is 1. The second-order valence-electron chi connectivity index (χ2n) is 5.04. The van der Waals surface area contributed by atoms with Crippen molar-refractivity contribution in [3.8, 4) is 11.5 Å². The Hall–Kier alpha value is -2.65. The number of hydrogen-bond donors (Lipinski definition) is 0. The van der Waals surface area contributed by atoms with Gasteiger partial charge in [-0.15, -0.1) is 0 Å². The molecule has 0 fully saturated rings. The first-order valence-electron chi connectivity index (χ1n) is 6.79. The summed E-state index contributed by atoms with van der Waals surface area (Å²) in [6.45, 7) is 0. The smallest absolute Gasteiger partial charge is 0.155 e. The number of rotatable bonds is 2. The zero-order valence-corrected chi connectivity index (χ0v) is 12.2. The van der Waals surface area contributed by atoms with E-state index < -0.39 is 0 Å². The fraction of sp³-hybridized carbons (Fsp3) is 0. The first-order chi connectivity index (χ1) is 10.7. The number of pyridine rings is 1. The van der Waals surface area contributed by atoms with Gasteiger partial charge >= 0.3 is 0 Å². The third-order valence-electron chi connectivity index (χ3n) is 3.59. The Balaban J connectivity index is 1.94. The summed E-state index contributed by atoms with van der Waals surface area (Å²) in [5, 5.41) is 2.37. The minimum absolute atomic E-state index is 0.536. The number of halogens is 1. The van der Waals surface area contributed by atoms with E-state index in [2.05, 4.69) is 4.98 Å². The number of fused-ring (bicyclic) bond motifs is 2. The first-order valence-corrected chi connectivity index (χ1v) is 7.17. The number of carbonyl (C=O) groups is 1. The summed E-state index contributed by atoms with van der Waals surface area (Å²) in [4.78, 5) is 15.5. The average Bonchev–Trinajstić information content (AvgIpc) is 2.96. The van der Waals surface area contributed by atoms with Gasteiger partial charge in [-0.25, -0.2) is 4.98 Å². The molecule has 2 heterocycles. The molecule has 0 amide bonds. The van der Waals surface area contributed by atoms with Crippen molar-refractivity contribution in [3.63, 3.8) is 0 Å². The van der Waals surface area contributed by atoms with E-state index in [1.165, 1.54) is 0 Å². The molecule has 2 aromatic carbocycles. The van der Waals surface area contributed by atoms with Crippen molar-refractivity contribution in [3.05, 3.63) is 65.2 Å². The molecule has 0 aliphatic rings. The Kier molecular flexibility index (Phi) is 2.94. The van der Waals surface area contributed by atoms with Crippen LogP contribution in [0.25, 0.3) is 33.3 Å². The van der Waals surface area contributed by atoms with Gasteiger partial charge < -0.3 is 4.42 Å². The highest BCUT2D eigenvalue weighted by Gasteiger charge is 2.13. The Bertz CT molecular complexity index is 1020. The quantitative estimate of drug-likeness (QED) is 0.483. The van der Waals surface area contributed by atoms with E-state index in [4.69, 9.17) is 16.0 Å². The van der Waals surface area contributed by atoms with Crippen LogP contribution in [0.5, 0.6) is 0 Å². The van der Waals surface area contributed by atoms with E-state index >= 15 is 0 Å². The lowest BCUT2D eigenvalue weighted by atomic mass is 10.1. The van der Waals surface area contributed by atoms with Gasteiger partial charge in [-0.1, -0.05) is 29.8 Å². The molecule has 0 radical (unpaired) electrons. The van der Waals surface area contributed by atoms with Gasteiger partial charge in [0.1, 0.15) is 17.6 Å². The van der Waals surface area contributed by atoms with Crippen molar-refractivity contribution in [1.82, 2.24) is 4.98 Å². The molecule has 106 valence electrons. The average molecular weight is 308 g/mol. The molecule has 0 saturated heterocycles. The monoisotopic (exact) mass is 307 g/mol. The zero-order valence-electron chi connectivity index (χ0n) is 11.4. The van der Waals surface area contributed by atoms with Crippen LogP contribution in [0.3, 0.4) is 0 Å². The Morgan fingerprint density at radius 3 is 2.73 bits per heavy atom. The number of benzene rings is 2. The van der Waals surface area contributed by atoms with Crippen LogP contribution in [-0.4, -0.2) is 11.3 Å². The van der Waals surface area contributed by atoms with Crippen molar-refractivity contribution in [1.29, 1.82) is 0 Å². The van der Waals surface area contributed by atoms with Crippen molar-refractivity contribution in [2.75, 3.05) is 0 Å². The molecular weight excluding hydrogens is 298 g/mol. The predicted octanol–water partition coefficient (Wildman–Crippen LogP) is 5.11. The normalized spacial score (nSPS) is 11.1. The molecule has 0 saturated carbocycles. The van der Waals surface area contributed by atoms with Gasteiger partial charge in [-0.3, -0.25) is 4.79 Å². The molecule has 4 heteroatoms. The van der Waals surface area contributed by atoms with Crippen molar-refractivity contribution < 1.29 is 9.21 Å². The maximum Gasteiger partial charge on any atom is 0.155 e. The highest BCUT2D eigenvalue weighted by atomic mass is 35.5. The van der Waals surface area contributed by atoms with Crippen molar-refractivity contribution in [2.45, 2.75) is 0 Å². The molecule has 22 heavy (non-hydrogen) atoms. The number of aromatic nitrogens is 1. The number of carbonyl (C=O) groups excluding carboxylic acids is 1. The zero-order chi connectivity index (χ0) is 15.1. The van der Waals surface area contributed by atoms with Crippen LogP contribution in [0, 0.1) is 0 Å². The van der Waals surface area contributed by atoms with Crippen LogP contribution < -0.4 is 0 Å². The summed E-state index contributed by atoms with van der Waals surface area (Å²) in [6, 6.07) is 16.8. The third kappa shape index (κ3) is 2.07. The molecule has 0 atom stereocenters. The van der Waals surface area contributed by atoms with Crippen LogP contribution in [0.2, 0.25) is 5.02 Å². The van der Waals surface area contributed by atoms with E-state index in [-0.39, 0.29) is 0 Å². The van der Waals surface area contributed by atoms with Crippen molar-refractivity contribution >= 4 is 39.8 Å². The Morgan fingerprint density at radius 1 is 1.00 bits per heavy atom. The topological polar surface area (TPSA) is 43.1 Å².